The van der Waals surface area contributed by atoms with E-state index in [1.54, 1.807) is 12.1 Å². The van der Waals surface area contributed by atoms with E-state index < -0.39 is 0 Å². The van der Waals surface area contributed by atoms with Gasteiger partial charge in [-0.2, -0.15) is 23.5 Å². The lowest BCUT2D eigenvalue weighted by molar-refractivity contribution is 0.519. The van der Waals surface area contributed by atoms with Crippen LogP contribution in [0, 0.1) is 5.82 Å². The minimum absolute atomic E-state index is 0.180. The van der Waals surface area contributed by atoms with Crippen LogP contribution in [0.25, 0.3) is 0 Å². The zero-order valence-corrected chi connectivity index (χ0v) is 12.9. The van der Waals surface area contributed by atoms with Crippen molar-refractivity contribution in [3.05, 3.63) is 35.6 Å². The highest BCUT2D eigenvalue weighted by Gasteiger charge is 2.30. The maximum atomic E-state index is 13.2. The molecule has 1 aromatic rings. The zero-order chi connectivity index (χ0) is 13.8. The summed E-state index contributed by atoms with van der Waals surface area (Å²) < 4.78 is 13.2. The van der Waals surface area contributed by atoms with Gasteiger partial charge in [0.25, 0.3) is 0 Å². The summed E-state index contributed by atoms with van der Waals surface area (Å²) in [5.41, 5.74) is 3.92. The van der Waals surface area contributed by atoms with Gasteiger partial charge in [0.05, 0.1) is 0 Å². The van der Waals surface area contributed by atoms with Gasteiger partial charge in [0.2, 0.25) is 0 Å². The van der Waals surface area contributed by atoms with Crippen LogP contribution in [0.3, 0.4) is 0 Å². The molecule has 1 aromatic carbocycles. The minimum Gasteiger partial charge on any atom is -0.271 e. The number of benzene rings is 1. The molecule has 1 heterocycles. The van der Waals surface area contributed by atoms with E-state index in [0.717, 1.165) is 17.7 Å². The fraction of sp³-hybridized carbons (Fsp3) is 0.571. The van der Waals surface area contributed by atoms with Crippen molar-refractivity contribution in [2.75, 3.05) is 5.75 Å². The fourth-order valence-corrected chi connectivity index (χ4v) is 5.35. The maximum Gasteiger partial charge on any atom is 0.123 e. The molecule has 4 unspecified atom stereocenters. The third kappa shape index (κ3) is 4.12. The van der Waals surface area contributed by atoms with E-state index in [1.165, 1.54) is 6.07 Å². The lowest BCUT2D eigenvalue weighted by Gasteiger charge is -2.35. The Labute approximate surface area is 123 Å². The Morgan fingerprint density at radius 1 is 1.42 bits per heavy atom. The van der Waals surface area contributed by atoms with E-state index in [0.29, 0.717) is 15.7 Å². The second-order valence-corrected chi connectivity index (χ2v) is 8.06. The van der Waals surface area contributed by atoms with Gasteiger partial charge in [-0.15, -0.1) is 0 Å². The fourth-order valence-electron chi connectivity index (χ4n) is 2.23. The molecule has 1 aliphatic heterocycles. The number of rotatable bonds is 4. The van der Waals surface area contributed by atoms with Gasteiger partial charge in [-0.1, -0.05) is 26.0 Å². The highest BCUT2D eigenvalue weighted by atomic mass is 32.2. The van der Waals surface area contributed by atoms with Crippen molar-refractivity contribution < 1.29 is 4.39 Å². The first-order chi connectivity index (χ1) is 9.10. The molecule has 2 rings (SSSR count). The molecule has 1 fully saturated rings. The van der Waals surface area contributed by atoms with Crippen LogP contribution < -0.4 is 11.3 Å². The van der Waals surface area contributed by atoms with Crippen LogP contribution in [0.2, 0.25) is 0 Å². The van der Waals surface area contributed by atoms with Crippen molar-refractivity contribution in [1.82, 2.24) is 5.43 Å². The van der Waals surface area contributed by atoms with Gasteiger partial charge in [0.15, 0.2) is 0 Å². The van der Waals surface area contributed by atoms with Crippen molar-refractivity contribution in [3.8, 4) is 0 Å². The monoisotopic (exact) mass is 300 g/mol. The average molecular weight is 300 g/mol. The molecule has 0 saturated carbocycles. The summed E-state index contributed by atoms with van der Waals surface area (Å²) in [6.07, 6.45) is 0.771. The second kappa shape index (κ2) is 6.97. The minimum atomic E-state index is -0.180. The first-order valence-corrected chi connectivity index (χ1v) is 8.57. The van der Waals surface area contributed by atoms with Crippen LogP contribution in [0.5, 0.6) is 0 Å². The molecule has 3 N–H and O–H groups in total. The predicted octanol–water partition coefficient (Wildman–Crippen LogP) is 2.83. The molecule has 4 atom stereocenters. The number of hydrogen-bond acceptors (Lipinski definition) is 4. The van der Waals surface area contributed by atoms with Crippen LogP contribution in [0.4, 0.5) is 4.39 Å². The standard InChI is InChI=1S/C14H21FN2S2/c1-9-10(2)19-14(8-18-9)13(17-16)7-11-4-3-5-12(15)6-11/h3-6,9-10,13-14,17H,7-8,16H2,1-2H3. The highest BCUT2D eigenvalue weighted by Crippen LogP contribution is 2.37. The van der Waals surface area contributed by atoms with E-state index in [-0.39, 0.29) is 11.9 Å². The molecule has 0 amide bonds. The molecule has 0 aromatic heterocycles. The van der Waals surface area contributed by atoms with Crippen LogP contribution in [0.1, 0.15) is 19.4 Å². The summed E-state index contributed by atoms with van der Waals surface area (Å²) in [4.78, 5) is 0. The molecule has 0 aliphatic carbocycles. The van der Waals surface area contributed by atoms with Crippen LogP contribution in [-0.2, 0) is 6.42 Å². The van der Waals surface area contributed by atoms with E-state index in [2.05, 4.69) is 19.3 Å². The molecule has 1 aliphatic rings. The first kappa shape index (κ1) is 15.2. The Hall–Kier alpha value is -0.230. The highest BCUT2D eigenvalue weighted by molar-refractivity contribution is 8.07. The molecule has 5 heteroatoms. The van der Waals surface area contributed by atoms with Crippen molar-refractivity contribution in [1.29, 1.82) is 0 Å². The molecular formula is C14H21FN2S2. The van der Waals surface area contributed by atoms with Gasteiger partial charge in [0, 0.05) is 27.5 Å². The van der Waals surface area contributed by atoms with Crippen LogP contribution in [-0.4, -0.2) is 27.5 Å². The molecule has 19 heavy (non-hydrogen) atoms. The predicted molar refractivity (Wildman–Crippen MR) is 84.0 cm³/mol. The van der Waals surface area contributed by atoms with Crippen LogP contribution in [0.15, 0.2) is 24.3 Å². The Balaban J connectivity index is 2.00. The van der Waals surface area contributed by atoms with Crippen molar-refractivity contribution >= 4 is 23.5 Å². The Bertz CT molecular complexity index is 416. The van der Waals surface area contributed by atoms with Crippen molar-refractivity contribution in [2.45, 2.75) is 42.1 Å². The molecule has 1 saturated heterocycles. The van der Waals surface area contributed by atoms with E-state index in [1.807, 2.05) is 29.6 Å². The zero-order valence-electron chi connectivity index (χ0n) is 11.3. The molecule has 0 spiro atoms. The molecular weight excluding hydrogens is 279 g/mol. The summed E-state index contributed by atoms with van der Waals surface area (Å²) in [7, 11) is 0. The number of nitrogens with two attached hydrogens (primary N) is 1. The number of hydrogen-bond donors (Lipinski definition) is 2. The Kier molecular flexibility index (Phi) is 5.57. The summed E-state index contributed by atoms with van der Waals surface area (Å²) >= 11 is 3.99. The second-order valence-electron chi connectivity index (χ2n) is 5.03. The lowest BCUT2D eigenvalue weighted by Crippen LogP contribution is -2.47. The summed E-state index contributed by atoms with van der Waals surface area (Å²) in [6, 6.07) is 6.97. The average Bonchev–Trinajstić information content (AvgIpc) is 2.39. The van der Waals surface area contributed by atoms with E-state index in [9.17, 15) is 4.39 Å². The number of halogens is 1. The summed E-state index contributed by atoms with van der Waals surface area (Å²) in [5.74, 6) is 6.62. The molecule has 106 valence electrons. The van der Waals surface area contributed by atoms with Gasteiger partial charge in [-0.3, -0.25) is 11.3 Å². The largest absolute Gasteiger partial charge is 0.271 e. The maximum absolute atomic E-state index is 13.2. The molecule has 0 radical (unpaired) electrons. The van der Waals surface area contributed by atoms with Crippen molar-refractivity contribution in [2.24, 2.45) is 5.84 Å². The van der Waals surface area contributed by atoms with Gasteiger partial charge in [-0.05, 0) is 24.1 Å². The number of thioether (sulfide) groups is 2. The van der Waals surface area contributed by atoms with E-state index >= 15 is 0 Å². The van der Waals surface area contributed by atoms with Gasteiger partial charge in [-0.25, -0.2) is 4.39 Å². The van der Waals surface area contributed by atoms with Crippen molar-refractivity contribution in [3.63, 3.8) is 0 Å². The van der Waals surface area contributed by atoms with Gasteiger partial charge in [0.1, 0.15) is 5.82 Å². The Morgan fingerprint density at radius 2 is 2.21 bits per heavy atom. The first-order valence-electron chi connectivity index (χ1n) is 6.57. The number of hydrazine groups is 1. The SMILES string of the molecule is CC1SCC(C(Cc2cccc(F)c2)NN)SC1C. The summed E-state index contributed by atoms with van der Waals surface area (Å²) in [6.45, 7) is 4.54. The van der Waals surface area contributed by atoms with Crippen LogP contribution >= 0.6 is 23.5 Å². The normalized spacial score (nSPS) is 29.2. The molecule has 2 nitrogen and oxygen atoms in total. The Morgan fingerprint density at radius 3 is 2.84 bits per heavy atom. The quantitative estimate of drug-likeness (QED) is 0.662. The smallest absolute Gasteiger partial charge is 0.123 e. The number of nitrogens with one attached hydrogen (secondary N) is 1. The lowest BCUT2D eigenvalue weighted by atomic mass is 10.0. The van der Waals surface area contributed by atoms with Gasteiger partial charge < -0.3 is 0 Å². The third-order valence-corrected chi connectivity index (χ3v) is 7.13. The topological polar surface area (TPSA) is 38.0 Å². The van der Waals surface area contributed by atoms with E-state index in [4.69, 9.17) is 5.84 Å². The van der Waals surface area contributed by atoms with Gasteiger partial charge >= 0.3 is 0 Å². The molecule has 0 bridgehead atoms. The third-order valence-electron chi connectivity index (χ3n) is 3.58. The summed E-state index contributed by atoms with van der Waals surface area (Å²) in [5, 5.41) is 1.80.